The minimum absolute atomic E-state index is 0.321. The van der Waals surface area contributed by atoms with Crippen LogP contribution in [0.5, 0.6) is 5.88 Å². The molecule has 2 N–H and O–H groups in total. The summed E-state index contributed by atoms with van der Waals surface area (Å²) in [5.41, 5.74) is 6.52. The summed E-state index contributed by atoms with van der Waals surface area (Å²) in [7, 11) is 0. The van der Waals surface area contributed by atoms with E-state index in [2.05, 4.69) is 4.98 Å². The van der Waals surface area contributed by atoms with Gasteiger partial charge in [0.15, 0.2) is 5.88 Å². The molecule has 0 atom stereocenters. The standard InChI is InChI=1S/C12H15N3O/c13-8-9-6-10(7-9)16-12-3-1-2-11-14-4-5-15(11)12/h1-5,9-10H,6-8,13H2. The van der Waals surface area contributed by atoms with Crippen molar-refractivity contribution >= 4 is 5.65 Å². The SMILES string of the molecule is NCC1CC(Oc2cccc3nccn23)C1. The summed E-state index contributed by atoms with van der Waals surface area (Å²) in [5, 5.41) is 0. The molecule has 0 radical (unpaired) electrons. The number of ether oxygens (including phenoxy) is 1. The van der Waals surface area contributed by atoms with Crippen LogP contribution in [0.15, 0.2) is 30.6 Å². The van der Waals surface area contributed by atoms with Crippen molar-refractivity contribution in [2.24, 2.45) is 11.7 Å². The van der Waals surface area contributed by atoms with Gasteiger partial charge in [0.25, 0.3) is 0 Å². The van der Waals surface area contributed by atoms with Crippen LogP contribution in [0.4, 0.5) is 0 Å². The van der Waals surface area contributed by atoms with Crippen molar-refractivity contribution in [3.8, 4) is 5.88 Å². The van der Waals surface area contributed by atoms with Crippen LogP contribution in [-0.4, -0.2) is 22.0 Å². The molecule has 0 aliphatic heterocycles. The zero-order valence-electron chi connectivity index (χ0n) is 9.04. The fraction of sp³-hybridized carbons (Fsp3) is 0.417. The molecule has 1 aliphatic rings. The van der Waals surface area contributed by atoms with Gasteiger partial charge in [-0.05, 0) is 37.4 Å². The maximum atomic E-state index is 5.92. The number of pyridine rings is 1. The van der Waals surface area contributed by atoms with Crippen LogP contribution < -0.4 is 10.5 Å². The lowest BCUT2D eigenvalue weighted by molar-refractivity contribution is 0.0638. The predicted molar refractivity (Wildman–Crippen MR) is 61.4 cm³/mol. The lowest BCUT2D eigenvalue weighted by Gasteiger charge is -2.34. The van der Waals surface area contributed by atoms with E-state index in [-0.39, 0.29) is 0 Å². The number of nitrogens with zero attached hydrogens (tertiary/aromatic N) is 2. The molecular formula is C12H15N3O. The third-order valence-corrected chi connectivity index (χ3v) is 3.20. The molecule has 3 rings (SSSR count). The van der Waals surface area contributed by atoms with Gasteiger partial charge in [-0.3, -0.25) is 4.40 Å². The minimum Gasteiger partial charge on any atom is -0.475 e. The Morgan fingerprint density at radius 2 is 2.31 bits per heavy atom. The Balaban J connectivity index is 1.77. The molecule has 1 saturated carbocycles. The second-order valence-electron chi connectivity index (χ2n) is 4.33. The molecule has 0 amide bonds. The third-order valence-electron chi connectivity index (χ3n) is 3.20. The lowest BCUT2D eigenvalue weighted by atomic mass is 9.82. The number of hydrogen-bond acceptors (Lipinski definition) is 3. The second kappa shape index (κ2) is 3.79. The molecule has 0 aromatic carbocycles. The molecule has 16 heavy (non-hydrogen) atoms. The topological polar surface area (TPSA) is 52.5 Å². The van der Waals surface area contributed by atoms with Crippen molar-refractivity contribution in [3.05, 3.63) is 30.6 Å². The summed E-state index contributed by atoms with van der Waals surface area (Å²) in [6.45, 7) is 0.773. The molecule has 2 aromatic heterocycles. The Kier molecular flexibility index (Phi) is 2.29. The van der Waals surface area contributed by atoms with Crippen LogP contribution in [-0.2, 0) is 0 Å². The first-order valence-corrected chi connectivity index (χ1v) is 5.65. The smallest absolute Gasteiger partial charge is 0.199 e. The number of aromatic nitrogens is 2. The molecule has 0 bridgehead atoms. The molecule has 4 heteroatoms. The molecule has 0 spiro atoms. The highest BCUT2D eigenvalue weighted by Gasteiger charge is 2.29. The van der Waals surface area contributed by atoms with Gasteiger partial charge in [0.05, 0.1) is 0 Å². The molecule has 0 unspecified atom stereocenters. The highest BCUT2D eigenvalue weighted by Crippen LogP contribution is 2.30. The summed E-state index contributed by atoms with van der Waals surface area (Å²) >= 11 is 0. The molecule has 84 valence electrons. The van der Waals surface area contributed by atoms with Gasteiger partial charge >= 0.3 is 0 Å². The van der Waals surface area contributed by atoms with E-state index in [9.17, 15) is 0 Å². The average Bonchev–Trinajstić information content (AvgIpc) is 2.71. The number of imidazole rings is 1. The average molecular weight is 217 g/mol. The number of fused-ring (bicyclic) bond motifs is 1. The van der Waals surface area contributed by atoms with E-state index in [1.54, 1.807) is 6.20 Å². The van der Waals surface area contributed by atoms with Crippen LogP contribution in [0, 0.1) is 5.92 Å². The van der Waals surface area contributed by atoms with Crippen molar-refractivity contribution in [3.63, 3.8) is 0 Å². The van der Waals surface area contributed by atoms with Crippen LogP contribution in [0.1, 0.15) is 12.8 Å². The zero-order chi connectivity index (χ0) is 11.0. The predicted octanol–water partition coefficient (Wildman–Crippen LogP) is 1.45. The Morgan fingerprint density at radius 1 is 1.44 bits per heavy atom. The third kappa shape index (κ3) is 1.55. The lowest BCUT2D eigenvalue weighted by Crippen LogP contribution is -2.38. The van der Waals surface area contributed by atoms with E-state index < -0.39 is 0 Å². The van der Waals surface area contributed by atoms with Crippen LogP contribution in [0.2, 0.25) is 0 Å². The second-order valence-corrected chi connectivity index (χ2v) is 4.33. The van der Waals surface area contributed by atoms with Gasteiger partial charge in [-0.15, -0.1) is 0 Å². The molecule has 2 aromatic rings. The van der Waals surface area contributed by atoms with Gasteiger partial charge in [0.1, 0.15) is 11.8 Å². The van der Waals surface area contributed by atoms with Gasteiger partial charge in [0, 0.05) is 12.4 Å². The molecule has 1 aliphatic carbocycles. The monoisotopic (exact) mass is 217 g/mol. The Labute approximate surface area is 94.0 Å². The molecule has 0 saturated heterocycles. The summed E-state index contributed by atoms with van der Waals surface area (Å²) in [5.74, 6) is 1.52. The van der Waals surface area contributed by atoms with Crippen molar-refractivity contribution in [1.82, 2.24) is 9.38 Å². The van der Waals surface area contributed by atoms with Gasteiger partial charge in [-0.2, -0.15) is 0 Å². The van der Waals surface area contributed by atoms with E-state index in [4.69, 9.17) is 10.5 Å². The van der Waals surface area contributed by atoms with Crippen molar-refractivity contribution < 1.29 is 4.74 Å². The molecular weight excluding hydrogens is 202 g/mol. The first kappa shape index (κ1) is 9.66. The van der Waals surface area contributed by atoms with Crippen molar-refractivity contribution in [1.29, 1.82) is 0 Å². The Morgan fingerprint density at radius 3 is 3.12 bits per heavy atom. The normalized spacial score (nSPS) is 24.3. The summed E-state index contributed by atoms with van der Waals surface area (Å²) in [4.78, 5) is 4.22. The van der Waals surface area contributed by atoms with Crippen molar-refractivity contribution in [2.45, 2.75) is 18.9 Å². The van der Waals surface area contributed by atoms with E-state index in [1.165, 1.54) is 0 Å². The van der Waals surface area contributed by atoms with Gasteiger partial charge in [-0.25, -0.2) is 4.98 Å². The largest absolute Gasteiger partial charge is 0.475 e. The van der Waals surface area contributed by atoms with Crippen molar-refractivity contribution in [2.75, 3.05) is 6.54 Å². The van der Waals surface area contributed by atoms with E-state index in [0.717, 1.165) is 30.9 Å². The number of hydrogen-bond donors (Lipinski definition) is 1. The highest BCUT2D eigenvalue weighted by molar-refractivity contribution is 5.41. The minimum atomic E-state index is 0.321. The zero-order valence-corrected chi connectivity index (χ0v) is 9.04. The maximum Gasteiger partial charge on any atom is 0.199 e. The first-order valence-electron chi connectivity index (χ1n) is 5.65. The highest BCUT2D eigenvalue weighted by atomic mass is 16.5. The number of nitrogens with two attached hydrogens (primary N) is 1. The summed E-state index contributed by atoms with van der Waals surface area (Å²) in [6.07, 6.45) is 6.17. The molecule has 2 heterocycles. The van der Waals surface area contributed by atoms with E-state index >= 15 is 0 Å². The molecule has 4 nitrogen and oxygen atoms in total. The fourth-order valence-electron chi connectivity index (χ4n) is 2.15. The van der Waals surface area contributed by atoms with Gasteiger partial charge in [0.2, 0.25) is 0 Å². The number of rotatable bonds is 3. The summed E-state index contributed by atoms with van der Waals surface area (Å²) < 4.78 is 7.89. The Bertz CT molecular complexity index is 488. The van der Waals surface area contributed by atoms with Crippen LogP contribution >= 0.6 is 0 Å². The maximum absolute atomic E-state index is 5.92. The first-order chi connectivity index (χ1) is 7.86. The van der Waals surface area contributed by atoms with Crippen LogP contribution in [0.25, 0.3) is 5.65 Å². The quantitative estimate of drug-likeness (QED) is 0.846. The van der Waals surface area contributed by atoms with Gasteiger partial charge < -0.3 is 10.5 Å². The molecule has 1 fully saturated rings. The fourth-order valence-corrected chi connectivity index (χ4v) is 2.15. The van der Waals surface area contributed by atoms with E-state index in [1.807, 2.05) is 28.8 Å². The van der Waals surface area contributed by atoms with E-state index in [0.29, 0.717) is 12.0 Å². The summed E-state index contributed by atoms with van der Waals surface area (Å²) in [6, 6.07) is 5.91. The van der Waals surface area contributed by atoms with Crippen LogP contribution in [0.3, 0.4) is 0 Å². The Hall–Kier alpha value is -1.55. The van der Waals surface area contributed by atoms with Gasteiger partial charge in [-0.1, -0.05) is 6.07 Å².